The Morgan fingerprint density at radius 2 is 1.61 bits per heavy atom. The van der Waals surface area contributed by atoms with Gasteiger partial charge in [-0.25, -0.2) is 0 Å². The van der Waals surface area contributed by atoms with Gasteiger partial charge in [-0.2, -0.15) is 0 Å². The van der Waals surface area contributed by atoms with E-state index < -0.39 is 19.4 Å². The highest BCUT2D eigenvalue weighted by molar-refractivity contribution is 7.54. The molecule has 108 valence electrons. The van der Waals surface area contributed by atoms with Crippen LogP contribution in [0.25, 0.3) is 0 Å². The first kappa shape index (κ1) is 17.9. The van der Waals surface area contributed by atoms with Crippen LogP contribution < -0.4 is 0 Å². The number of alkyl halides is 1. The van der Waals surface area contributed by atoms with Crippen molar-refractivity contribution in [2.24, 2.45) is 0 Å². The van der Waals surface area contributed by atoms with Crippen molar-refractivity contribution < 1.29 is 23.1 Å². The third-order valence-corrected chi connectivity index (χ3v) is 4.62. The van der Waals surface area contributed by atoms with Crippen molar-refractivity contribution in [1.29, 1.82) is 0 Å². The van der Waals surface area contributed by atoms with Crippen LogP contribution in [-0.2, 0) is 23.1 Å². The molecular weight excluding hydrogens is 279 g/mol. The first-order valence-corrected chi connectivity index (χ1v) is 8.11. The molecule has 0 saturated heterocycles. The normalized spacial score (nSPS) is 14.0. The molecule has 0 heterocycles. The molecule has 0 aliphatic carbocycles. The highest BCUT2D eigenvalue weighted by Gasteiger charge is 2.39. The summed E-state index contributed by atoms with van der Waals surface area (Å²) in [5.41, 5.74) is 0. The summed E-state index contributed by atoms with van der Waals surface area (Å²) in [6.07, 6.45) is -0.254. The molecule has 5 nitrogen and oxygen atoms in total. The van der Waals surface area contributed by atoms with Crippen molar-refractivity contribution in [3.63, 3.8) is 0 Å². The third kappa shape index (κ3) is 6.19. The minimum Gasteiger partial charge on any atom is -0.448 e. The summed E-state index contributed by atoms with van der Waals surface area (Å²) in [5, 5.41) is 0. The van der Waals surface area contributed by atoms with Gasteiger partial charge in [-0.1, -0.05) is 6.92 Å². The van der Waals surface area contributed by atoms with Gasteiger partial charge in [-0.3, -0.25) is 9.36 Å². The maximum Gasteiger partial charge on any atom is 0.371 e. The molecule has 0 spiro atoms. The van der Waals surface area contributed by atoms with Gasteiger partial charge in [0, 0.05) is 0 Å². The largest absolute Gasteiger partial charge is 0.448 e. The zero-order valence-electron chi connectivity index (χ0n) is 11.5. The molecule has 7 heteroatoms. The summed E-state index contributed by atoms with van der Waals surface area (Å²) >= 11 is 5.37. The Morgan fingerprint density at radius 1 is 1.17 bits per heavy atom. The average molecular weight is 301 g/mol. The number of ether oxygens (including phenoxy) is 1. The van der Waals surface area contributed by atoms with Crippen LogP contribution in [0.5, 0.6) is 0 Å². The summed E-state index contributed by atoms with van der Waals surface area (Å²) in [6, 6.07) is 0. The van der Waals surface area contributed by atoms with Gasteiger partial charge in [0.1, 0.15) is 5.88 Å². The lowest BCUT2D eigenvalue weighted by molar-refractivity contribution is -0.143. The van der Waals surface area contributed by atoms with Gasteiger partial charge in [-0.05, 0) is 34.1 Å². The number of carbonyl (C=O) groups excluding carboxylic acids is 1. The molecule has 0 aliphatic rings. The molecule has 0 aromatic carbocycles. The Morgan fingerprint density at radius 3 is 1.89 bits per heavy atom. The predicted octanol–water partition coefficient (Wildman–Crippen LogP) is 3.55. The van der Waals surface area contributed by atoms with Crippen molar-refractivity contribution >= 4 is 25.2 Å². The summed E-state index contributed by atoms with van der Waals surface area (Å²) in [7, 11) is -3.51. The molecule has 0 radical (unpaired) electrons. The summed E-state index contributed by atoms with van der Waals surface area (Å²) in [6.45, 7) is 8.71. The van der Waals surface area contributed by atoms with E-state index in [4.69, 9.17) is 25.4 Å². The van der Waals surface area contributed by atoms with E-state index in [1.807, 2.05) is 0 Å². The van der Waals surface area contributed by atoms with E-state index in [9.17, 15) is 9.36 Å². The van der Waals surface area contributed by atoms with Crippen LogP contribution in [0.15, 0.2) is 0 Å². The van der Waals surface area contributed by atoms with Gasteiger partial charge >= 0.3 is 13.6 Å². The lowest BCUT2D eigenvalue weighted by Gasteiger charge is -2.28. The van der Waals surface area contributed by atoms with Crippen LogP contribution >= 0.6 is 19.2 Å². The van der Waals surface area contributed by atoms with E-state index in [0.717, 1.165) is 0 Å². The summed E-state index contributed by atoms with van der Waals surface area (Å²) in [4.78, 5) is 11.2. The van der Waals surface area contributed by atoms with E-state index in [2.05, 4.69) is 0 Å². The predicted molar refractivity (Wildman–Crippen MR) is 70.9 cm³/mol. The molecule has 0 aliphatic heterocycles. The first-order chi connectivity index (χ1) is 8.25. The number of carbonyl (C=O) groups is 1. The lowest BCUT2D eigenvalue weighted by Crippen LogP contribution is -2.23. The van der Waals surface area contributed by atoms with Gasteiger partial charge in [0.05, 0.1) is 12.2 Å². The molecule has 0 amide bonds. The number of hydrogen-bond donors (Lipinski definition) is 0. The fraction of sp³-hybridized carbons (Fsp3) is 0.909. The zero-order valence-corrected chi connectivity index (χ0v) is 13.2. The van der Waals surface area contributed by atoms with Crippen molar-refractivity contribution in [3.05, 3.63) is 0 Å². The molecule has 0 saturated carbocycles. The topological polar surface area (TPSA) is 61.8 Å². The van der Waals surface area contributed by atoms with Gasteiger partial charge in [-0.15, -0.1) is 11.6 Å². The molecule has 18 heavy (non-hydrogen) atoms. The molecule has 0 fully saturated rings. The quantitative estimate of drug-likeness (QED) is 0.390. The van der Waals surface area contributed by atoms with Crippen LogP contribution in [0, 0.1) is 0 Å². The smallest absolute Gasteiger partial charge is 0.371 e. The van der Waals surface area contributed by atoms with Crippen LogP contribution in [0.4, 0.5) is 0 Å². The SMILES string of the molecule is CC[C@H](OC(=O)CCl)P(=O)(OC(C)C)OC(C)C. The maximum absolute atomic E-state index is 12.7. The number of hydrogen-bond acceptors (Lipinski definition) is 5. The van der Waals surface area contributed by atoms with Crippen LogP contribution in [-0.4, -0.2) is 29.9 Å². The van der Waals surface area contributed by atoms with E-state index in [1.54, 1.807) is 34.6 Å². The first-order valence-electron chi connectivity index (χ1n) is 5.97. The minimum atomic E-state index is -3.51. The highest BCUT2D eigenvalue weighted by atomic mass is 35.5. The number of halogens is 1. The molecule has 0 N–H and O–H groups in total. The number of esters is 1. The molecule has 0 rings (SSSR count). The molecular formula is C11H22ClO5P. The molecule has 1 atom stereocenters. The van der Waals surface area contributed by atoms with E-state index in [-0.39, 0.29) is 18.1 Å². The van der Waals surface area contributed by atoms with Gasteiger partial charge in [0.25, 0.3) is 0 Å². The zero-order chi connectivity index (χ0) is 14.3. The van der Waals surface area contributed by atoms with Crippen molar-refractivity contribution in [2.45, 2.75) is 59.1 Å². The van der Waals surface area contributed by atoms with Gasteiger partial charge < -0.3 is 13.8 Å². The van der Waals surface area contributed by atoms with Gasteiger partial charge in [0.2, 0.25) is 5.85 Å². The Bertz CT molecular complexity index is 292. The molecule has 0 bridgehead atoms. The molecule has 0 unspecified atom stereocenters. The minimum absolute atomic E-state index is 0.292. The Labute approximate surface area is 114 Å². The van der Waals surface area contributed by atoms with Crippen molar-refractivity contribution in [2.75, 3.05) is 5.88 Å². The van der Waals surface area contributed by atoms with Crippen LogP contribution in [0.2, 0.25) is 0 Å². The fourth-order valence-electron chi connectivity index (χ4n) is 1.30. The van der Waals surface area contributed by atoms with E-state index >= 15 is 0 Å². The van der Waals surface area contributed by atoms with Crippen molar-refractivity contribution in [1.82, 2.24) is 0 Å². The summed E-state index contributed by atoms with van der Waals surface area (Å²) < 4.78 is 28.4. The lowest BCUT2D eigenvalue weighted by atomic mass is 10.5. The standard InChI is InChI=1S/C11H22ClO5P/c1-6-11(15-10(13)7-12)18(14,16-8(2)3)17-9(4)5/h8-9,11H,6-7H2,1-5H3/t11-/m1/s1. The molecule has 0 aromatic heterocycles. The van der Waals surface area contributed by atoms with Crippen molar-refractivity contribution in [3.8, 4) is 0 Å². The maximum atomic E-state index is 12.7. The molecule has 0 aromatic rings. The van der Waals surface area contributed by atoms with E-state index in [0.29, 0.717) is 6.42 Å². The highest BCUT2D eigenvalue weighted by Crippen LogP contribution is 2.56. The second kappa shape index (κ2) is 8.16. The fourth-order valence-corrected chi connectivity index (χ4v) is 3.56. The van der Waals surface area contributed by atoms with Crippen LogP contribution in [0.3, 0.4) is 0 Å². The third-order valence-electron chi connectivity index (χ3n) is 1.79. The monoisotopic (exact) mass is 300 g/mol. The Hall–Kier alpha value is -0.0900. The number of rotatable bonds is 8. The Kier molecular flexibility index (Phi) is 8.11. The Balaban J connectivity index is 4.99. The summed E-state index contributed by atoms with van der Waals surface area (Å²) in [5.74, 6) is -1.85. The van der Waals surface area contributed by atoms with Crippen LogP contribution in [0.1, 0.15) is 41.0 Å². The second-order valence-electron chi connectivity index (χ2n) is 4.33. The average Bonchev–Trinajstić information content (AvgIpc) is 2.22. The van der Waals surface area contributed by atoms with E-state index in [1.165, 1.54) is 0 Å². The second-order valence-corrected chi connectivity index (χ2v) is 6.68. The van der Waals surface area contributed by atoms with Gasteiger partial charge in [0.15, 0.2) is 0 Å².